The Bertz CT molecular complexity index is 1650. The van der Waals surface area contributed by atoms with Gasteiger partial charge in [-0.15, -0.1) is 0 Å². The molecule has 0 amide bonds. The Labute approximate surface area is 252 Å². The molecule has 0 spiro atoms. The minimum atomic E-state index is -4.19. The van der Waals surface area contributed by atoms with Crippen molar-refractivity contribution in [2.75, 3.05) is 38.5 Å². The van der Waals surface area contributed by atoms with Crippen molar-refractivity contribution in [1.29, 1.82) is 0 Å². The van der Waals surface area contributed by atoms with Gasteiger partial charge in [-0.05, 0) is 42.8 Å². The smallest absolute Gasteiger partial charge is 0.264 e. The number of halogens is 3. The lowest BCUT2D eigenvalue weighted by Crippen LogP contribution is -2.16. The quantitative estimate of drug-likeness (QED) is 0.0980. The molecule has 15 heteroatoms. The third-order valence-electron chi connectivity index (χ3n) is 6.34. The zero-order valence-corrected chi connectivity index (χ0v) is 25.2. The van der Waals surface area contributed by atoms with Crippen molar-refractivity contribution in [2.24, 2.45) is 0 Å². The van der Waals surface area contributed by atoms with Crippen LogP contribution in [0.25, 0.3) is 5.69 Å². The van der Waals surface area contributed by atoms with Gasteiger partial charge in [0.1, 0.15) is 34.8 Å². The van der Waals surface area contributed by atoms with Crippen molar-refractivity contribution >= 4 is 34.3 Å². The summed E-state index contributed by atoms with van der Waals surface area (Å²) >= 11 is 4.54. The second-order valence-electron chi connectivity index (χ2n) is 9.08. The number of imidazole rings is 1. The molecular formula is C28H31F3N4O6S2. The number of rotatable bonds is 12. The highest BCUT2D eigenvalue weighted by molar-refractivity contribution is 7.85. The summed E-state index contributed by atoms with van der Waals surface area (Å²) in [6, 6.07) is 12.7. The van der Waals surface area contributed by atoms with Crippen LogP contribution in [0.3, 0.4) is 0 Å². The molecule has 0 radical (unpaired) electrons. The largest absolute Gasteiger partial charge is 0.493 e. The summed E-state index contributed by atoms with van der Waals surface area (Å²) in [5.41, 5.74) is 0.730. The van der Waals surface area contributed by atoms with Gasteiger partial charge in [0.05, 0.1) is 38.0 Å². The number of nitrogens with zero attached hydrogens (tertiary/aromatic N) is 3. The number of aromatic nitrogens is 2. The van der Waals surface area contributed by atoms with Gasteiger partial charge in [-0.2, -0.15) is 21.0 Å². The van der Waals surface area contributed by atoms with Crippen molar-refractivity contribution in [3.63, 3.8) is 0 Å². The molecule has 3 aromatic carbocycles. The Morgan fingerprint density at radius 2 is 1.63 bits per heavy atom. The van der Waals surface area contributed by atoms with Crippen LogP contribution in [0.1, 0.15) is 23.1 Å². The highest BCUT2D eigenvalue weighted by Gasteiger charge is 2.27. The van der Waals surface area contributed by atoms with Gasteiger partial charge in [-0.25, -0.2) is 18.2 Å². The number of ether oxygens (including phenoxy) is 3. The molecule has 0 aliphatic carbocycles. The van der Waals surface area contributed by atoms with Gasteiger partial charge in [-0.3, -0.25) is 9.12 Å². The van der Waals surface area contributed by atoms with Crippen LogP contribution in [-0.4, -0.2) is 56.1 Å². The molecule has 4 N–H and O–H groups in total. The first-order chi connectivity index (χ1) is 19.9. The summed E-state index contributed by atoms with van der Waals surface area (Å²) in [5, 5.41) is -1.21. The van der Waals surface area contributed by atoms with Gasteiger partial charge < -0.3 is 25.3 Å². The molecule has 43 heavy (non-hydrogen) atoms. The zero-order chi connectivity index (χ0) is 30.6. The van der Waals surface area contributed by atoms with E-state index in [1.165, 1.54) is 44.7 Å². The number of hydrogen-bond acceptors (Lipinski definition) is 9. The van der Waals surface area contributed by atoms with Crippen LogP contribution in [0.2, 0.25) is 0 Å². The van der Waals surface area contributed by atoms with Crippen molar-refractivity contribution < 1.29 is 40.4 Å². The van der Waals surface area contributed by atoms with Crippen LogP contribution in [0.15, 0.2) is 60.8 Å². The minimum Gasteiger partial charge on any atom is -0.493 e. The van der Waals surface area contributed by atoms with E-state index in [0.29, 0.717) is 28.7 Å². The lowest BCUT2D eigenvalue weighted by atomic mass is 10.1. The van der Waals surface area contributed by atoms with E-state index in [2.05, 4.69) is 17.6 Å². The van der Waals surface area contributed by atoms with Gasteiger partial charge in [0, 0.05) is 42.2 Å². The topological polar surface area (TPSA) is 138 Å². The first-order valence-corrected chi connectivity index (χ1v) is 14.6. The number of benzene rings is 3. The Morgan fingerprint density at radius 1 is 1.00 bits per heavy atom. The minimum absolute atomic E-state index is 0. The fraction of sp³-hybridized carbons (Fsp3) is 0.250. The maximum atomic E-state index is 15.3. The first-order valence-electron chi connectivity index (χ1n) is 12.5. The van der Waals surface area contributed by atoms with E-state index in [4.69, 9.17) is 18.8 Å². The Kier molecular flexibility index (Phi) is 11.0. The average molecular weight is 641 g/mol. The van der Waals surface area contributed by atoms with Gasteiger partial charge in [0.2, 0.25) is 0 Å². The Hall–Kier alpha value is -3.92. The molecular weight excluding hydrogens is 609 g/mol. The Balaban J connectivity index is 0.00000506. The normalized spacial score (nSPS) is 11.9. The van der Waals surface area contributed by atoms with E-state index in [1.54, 1.807) is 34.7 Å². The first kappa shape index (κ1) is 33.6. The maximum Gasteiger partial charge on any atom is 0.264 e. The standard InChI is InChI=1S/C28H28F3N3O6S2.H3N/c1-33(19-9-10-23(38-2)24(13-19)39-3)25-16-32-28(34(25)18-7-5-17(29)6-8-18)27(41)26-21(30)14-20(15-22(26)31)40-11-4-12-42(35,36)37;/h5-10,13-16,27,41H,4,11-12H2,1-3H3,(H,35,36,37);1H3. The number of anilines is 2. The average Bonchev–Trinajstić information content (AvgIpc) is 3.39. The van der Waals surface area contributed by atoms with Crippen LogP contribution in [0.5, 0.6) is 17.2 Å². The molecule has 1 unspecified atom stereocenters. The predicted octanol–water partition coefficient (Wildman–Crippen LogP) is 5.91. The molecule has 0 aliphatic heterocycles. The predicted molar refractivity (Wildman–Crippen MR) is 160 cm³/mol. The highest BCUT2D eigenvalue weighted by Crippen LogP contribution is 2.39. The summed E-state index contributed by atoms with van der Waals surface area (Å²) in [6.07, 6.45) is 1.42. The second-order valence-corrected chi connectivity index (χ2v) is 11.2. The third-order valence-corrected chi connectivity index (χ3v) is 7.63. The summed E-state index contributed by atoms with van der Waals surface area (Å²) < 4.78 is 92.5. The lowest BCUT2D eigenvalue weighted by Gasteiger charge is -2.24. The van der Waals surface area contributed by atoms with E-state index in [1.807, 2.05) is 0 Å². The molecule has 4 rings (SSSR count). The molecule has 0 bridgehead atoms. The fourth-order valence-electron chi connectivity index (χ4n) is 4.27. The maximum absolute atomic E-state index is 15.3. The lowest BCUT2D eigenvalue weighted by molar-refractivity contribution is 0.312. The molecule has 0 saturated carbocycles. The molecule has 0 fully saturated rings. The van der Waals surface area contributed by atoms with Crippen molar-refractivity contribution in [3.8, 4) is 22.9 Å². The van der Waals surface area contributed by atoms with Crippen LogP contribution in [0, 0.1) is 17.5 Å². The summed E-state index contributed by atoms with van der Waals surface area (Å²) in [7, 11) is 0.595. The monoisotopic (exact) mass is 640 g/mol. The van der Waals surface area contributed by atoms with Gasteiger partial charge in [0.25, 0.3) is 10.1 Å². The molecule has 232 valence electrons. The number of methoxy groups -OCH3 is 2. The summed E-state index contributed by atoms with van der Waals surface area (Å²) in [6.45, 7) is -0.191. The number of hydrogen-bond donors (Lipinski definition) is 3. The van der Waals surface area contributed by atoms with Gasteiger partial charge >= 0.3 is 0 Å². The molecule has 0 saturated heterocycles. The fourth-order valence-corrected chi connectivity index (χ4v) is 5.18. The second kappa shape index (κ2) is 14.0. The van der Waals surface area contributed by atoms with Crippen LogP contribution < -0.4 is 25.3 Å². The molecule has 1 aromatic heterocycles. The molecule has 1 heterocycles. The third kappa shape index (κ3) is 7.73. The molecule has 0 aliphatic rings. The Morgan fingerprint density at radius 3 is 2.21 bits per heavy atom. The van der Waals surface area contributed by atoms with E-state index in [0.717, 1.165) is 12.1 Å². The number of thiol groups is 1. The van der Waals surface area contributed by atoms with Crippen LogP contribution in [-0.2, 0) is 10.1 Å². The van der Waals surface area contributed by atoms with Crippen molar-refractivity contribution in [2.45, 2.75) is 11.7 Å². The van der Waals surface area contributed by atoms with Gasteiger partial charge in [0.15, 0.2) is 11.5 Å². The molecule has 10 nitrogen and oxygen atoms in total. The van der Waals surface area contributed by atoms with Crippen molar-refractivity contribution in [1.82, 2.24) is 15.7 Å². The zero-order valence-electron chi connectivity index (χ0n) is 23.5. The van der Waals surface area contributed by atoms with Gasteiger partial charge in [-0.1, -0.05) is 0 Å². The van der Waals surface area contributed by atoms with Crippen LogP contribution in [0.4, 0.5) is 24.7 Å². The SMILES string of the molecule is COc1ccc(N(C)c2cnc(C(S)c3c(F)cc(OCCCS(=O)(=O)O)cc3F)n2-c2ccc(F)cc2)cc1OC.N. The van der Waals surface area contributed by atoms with E-state index in [-0.39, 0.29) is 30.8 Å². The summed E-state index contributed by atoms with van der Waals surface area (Å²) in [4.78, 5) is 6.21. The van der Waals surface area contributed by atoms with Crippen LogP contribution >= 0.6 is 12.6 Å². The van der Waals surface area contributed by atoms with E-state index < -0.39 is 44.1 Å². The summed E-state index contributed by atoms with van der Waals surface area (Å²) in [5.74, 6) is -1.51. The molecule has 4 aromatic rings. The van der Waals surface area contributed by atoms with E-state index in [9.17, 15) is 12.8 Å². The molecule has 1 atom stereocenters. The highest BCUT2D eigenvalue weighted by atomic mass is 32.2. The van der Waals surface area contributed by atoms with Crippen molar-refractivity contribution in [3.05, 3.63) is 89.6 Å². The van der Waals surface area contributed by atoms with E-state index >= 15 is 8.78 Å².